The molecule has 4 aromatic heterocycles. The number of fused-ring (bicyclic) bond motifs is 13. The van der Waals surface area contributed by atoms with Gasteiger partial charge in [-0.05, 0) is 36.4 Å². The van der Waals surface area contributed by atoms with Crippen LogP contribution in [-0.4, -0.2) is 4.40 Å². The van der Waals surface area contributed by atoms with Crippen molar-refractivity contribution >= 4 is 82.0 Å². The molecule has 0 atom stereocenters. The molecule has 0 saturated heterocycles. The number of aromatic nitrogens is 1. The molecule has 3 nitrogen and oxygen atoms in total. The molecule has 0 bridgehead atoms. The monoisotopic (exact) mass is 421 g/mol. The summed E-state index contributed by atoms with van der Waals surface area (Å²) in [5, 5.41) is 9.50. The highest BCUT2D eigenvalue weighted by Crippen LogP contribution is 2.45. The van der Waals surface area contributed by atoms with Gasteiger partial charge in [0.05, 0.1) is 21.9 Å². The highest BCUT2D eigenvalue weighted by atomic mass is 16.3. The van der Waals surface area contributed by atoms with Gasteiger partial charge in [0, 0.05) is 37.7 Å². The van der Waals surface area contributed by atoms with Crippen LogP contribution in [0.5, 0.6) is 0 Å². The van der Waals surface area contributed by atoms with Gasteiger partial charge >= 0.3 is 0 Å². The maximum Gasteiger partial charge on any atom is 0.145 e. The van der Waals surface area contributed by atoms with E-state index >= 15 is 0 Å². The summed E-state index contributed by atoms with van der Waals surface area (Å²) in [6, 6.07) is 32.1. The van der Waals surface area contributed by atoms with Gasteiger partial charge in [-0.2, -0.15) is 0 Å². The number of hydrogen-bond donors (Lipinski definition) is 0. The second kappa shape index (κ2) is 5.28. The second-order valence-electron chi connectivity index (χ2n) is 8.94. The van der Waals surface area contributed by atoms with E-state index in [1.54, 1.807) is 0 Å². The summed E-state index contributed by atoms with van der Waals surface area (Å²) in [6.45, 7) is 0. The van der Waals surface area contributed by atoms with Crippen LogP contribution >= 0.6 is 0 Å². The maximum atomic E-state index is 6.43. The molecule has 0 saturated carbocycles. The summed E-state index contributed by atoms with van der Waals surface area (Å²) >= 11 is 0. The minimum absolute atomic E-state index is 0.927. The van der Waals surface area contributed by atoms with Gasteiger partial charge in [-0.25, -0.2) is 0 Å². The molecule has 33 heavy (non-hydrogen) atoms. The Morgan fingerprint density at radius 3 is 2.06 bits per heavy atom. The summed E-state index contributed by atoms with van der Waals surface area (Å²) in [6.07, 6.45) is 0. The van der Waals surface area contributed by atoms with Crippen molar-refractivity contribution in [2.75, 3.05) is 0 Å². The SMILES string of the molecule is c1ccc2c(c1)oc1cc3c4cccc5c6c7oc8ccccc8c7ccc6n(c3cc12)c45. The van der Waals surface area contributed by atoms with Crippen LogP contribution in [0.25, 0.3) is 82.0 Å². The van der Waals surface area contributed by atoms with Crippen molar-refractivity contribution in [3.63, 3.8) is 0 Å². The molecule has 0 spiro atoms. The fourth-order valence-electron chi connectivity index (χ4n) is 5.96. The fraction of sp³-hybridized carbons (Fsp3) is 0. The molecular formula is C30H15NO2. The van der Waals surface area contributed by atoms with Gasteiger partial charge in [0.1, 0.15) is 22.3 Å². The van der Waals surface area contributed by atoms with Crippen LogP contribution in [0.4, 0.5) is 0 Å². The quantitative estimate of drug-likeness (QED) is 0.245. The zero-order valence-electron chi connectivity index (χ0n) is 17.4. The molecule has 0 N–H and O–H groups in total. The summed E-state index contributed by atoms with van der Waals surface area (Å²) in [5.41, 5.74) is 7.37. The Kier molecular flexibility index (Phi) is 2.59. The van der Waals surface area contributed by atoms with Gasteiger partial charge in [-0.3, -0.25) is 0 Å². The Labute approximate surface area is 186 Å². The molecule has 9 aromatic rings. The van der Waals surface area contributed by atoms with E-state index in [-0.39, 0.29) is 0 Å². The van der Waals surface area contributed by atoms with E-state index in [0.29, 0.717) is 0 Å². The molecule has 0 aliphatic rings. The lowest BCUT2D eigenvalue weighted by atomic mass is 10.0. The van der Waals surface area contributed by atoms with Crippen molar-refractivity contribution in [1.82, 2.24) is 4.40 Å². The normalized spacial score (nSPS) is 12.8. The Balaban J connectivity index is 1.57. The summed E-state index contributed by atoms with van der Waals surface area (Å²) in [5.74, 6) is 0. The third-order valence-corrected chi connectivity index (χ3v) is 7.32. The van der Waals surface area contributed by atoms with Gasteiger partial charge < -0.3 is 13.2 Å². The van der Waals surface area contributed by atoms with Gasteiger partial charge in [-0.15, -0.1) is 0 Å². The van der Waals surface area contributed by atoms with Crippen LogP contribution in [0, 0.1) is 0 Å². The molecule has 0 radical (unpaired) electrons. The van der Waals surface area contributed by atoms with E-state index in [0.717, 1.165) is 38.5 Å². The molecule has 0 fully saturated rings. The predicted molar refractivity (Wildman–Crippen MR) is 136 cm³/mol. The van der Waals surface area contributed by atoms with Crippen molar-refractivity contribution < 1.29 is 8.83 Å². The fourth-order valence-corrected chi connectivity index (χ4v) is 5.96. The first-order valence-electron chi connectivity index (χ1n) is 11.2. The number of furan rings is 2. The van der Waals surface area contributed by atoms with E-state index in [1.165, 1.54) is 43.5 Å². The first kappa shape index (κ1) is 16.2. The van der Waals surface area contributed by atoms with Crippen molar-refractivity contribution in [3.8, 4) is 0 Å². The zero-order chi connectivity index (χ0) is 21.3. The van der Waals surface area contributed by atoms with E-state index in [2.05, 4.69) is 71.1 Å². The van der Waals surface area contributed by atoms with Crippen molar-refractivity contribution in [3.05, 3.63) is 91.0 Å². The highest BCUT2D eigenvalue weighted by Gasteiger charge is 2.22. The molecule has 0 aliphatic carbocycles. The molecule has 9 rings (SSSR count). The predicted octanol–water partition coefficient (Wildman–Crippen LogP) is 8.64. The van der Waals surface area contributed by atoms with Gasteiger partial charge in [0.25, 0.3) is 0 Å². The smallest absolute Gasteiger partial charge is 0.145 e. The second-order valence-corrected chi connectivity index (χ2v) is 8.94. The third kappa shape index (κ3) is 1.77. The average molecular weight is 421 g/mol. The molecule has 5 aromatic carbocycles. The lowest BCUT2D eigenvalue weighted by Gasteiger charge is -1.99. The van der Waals surface area contributed by atoms with E-state index in [1.807, 2.05) is 24.3 Å². The Morgan fingerprint density at radius 2 is 1.18 bits per heavy atom. The van der Waals surface area contributed by atoms with Crippen LogP contribution in [0.1, 0.15) is 0 Å². The molecular weight excluding hydrogens is 406 g/mol. The average Bonchev–Trinajstić information content (AvgIpc) is 3.58. The Hall–Kier alpha value is -4.50. The molecule has 0 aliphatic heterocycles. The Morgan fingerprint density at radius 1 is 0.455 bits per heavy atom. The van der Waals surface area contributed by atoms with E-state index in [9.17, 15) is 0 Å². The largest absolute Gasteiger partial charge is 0.456 e. The lowest BCUT2D eigenvalue weighted by molar-refractivity contribution is 0.669. The van der Waals surface area contributed by atoms with Crippen LogP contribution in [-0.2, 0) is 0 Å². The first-order chi connectivity index (χ1) is 16.4. The molecule has 4 heterocycles. The number of para-hydroxylation sites is 3. The van der Waals surface area contributed by atoms with Gasteiger partial charge in [-0.1, -0.05) is 54.6 Å². The number of rotatable bonds is 0. The maximum absolute atomic E-state index is 6.43. The number of hydrogen-bond acceptors (Lipinski definition) is 2. The summed E-state index contributed by atoms with van der Waals surface area (Å²) in [7, 11) is 0. The summed E-state index contributed by atoms with van der Waals surface area (Å²) < 4.78 is 15.0. The third-order valence-electron chi connectivity index (χ3n) is 7.32. The molecule has 3 heteroatoms. The standard InChI is InChI=1S/C30H15NO2/c1-4-11-26-16(6-1)19-12-13-23-28(30(19)33-26)20-9-5-8-18-21-15-27-22(14-24(21)31(23)29(18)20)17-7-2-3-10-25(17)32-27/h1-15H. The first-order valence-corrected chi connectivity index (χ1v) is 11.2. The van der Waals surface area contributed by atoms with Crippen LogP contribution in [0.2, 0.25) is 0 Å². The van der Waals surface area contributed by atoms with Crippen molar-refractivity contribution in [2.24, 2.45) is 0 Å². The number of benzene rings is 5. The van der Waals surface area contributed by atoms with Crippen LogP contribution < -0.4 is 0 Å². The molecule has 0 amide bonds. The molecule has 0 unspecified atom stereocenters. The lowest BCUT2D eigenvalue weighted by Crippen LogP contribution is -1.80. The topological polar surface area (TPSA) is 30.7 Å². The van der Waals surface area contributed by atoms with E-state index < -0.39 is 0 Å². The summed E-state index contributed by atoms with van der Waals surface area (Å²) in [4.78, 5) is 0. The zero-order valence-corrected chi connectivity index (χ0v) is 17.4. The van der Waals surface area contributed by atoms with Gasteiger partial charge in [0.15, 0.2) is 0 Å². The van der Waals surface area contributed by atoms with E-state index in [4.69, 9.17) is 8.83 Å². The Bertz CT molecular complexity index is 2240. The molecule has 152 valence electrons. The minimum atomic E-state index is 0.927. The number of nitrogens with zero attached hydrogens (tertiary/aromatic N) is 1. The minimum Gasteiger partial charge on any atom is -0.456 e. The van der Waals surface area contributed by atoms with Gasteiger partial charge in [0.2, 0.25) is 0 Å². The van der Waals surface area contributed by atoms with Crippen molar-refractivity contribution in [2.45, 2.75) is 0 Å². The van der Waals surface area contributed by atoms with Crippen LogP contribution in [0.15, 0.2) is 99.8 Å². The highest BCUT2D eigenvalue weighted by molar-refractivity contribution is 6.30. The van der Waals surface area contributed by atoms with Crippen molar-refractivity contribution in [1.29, 1.82) is 0 Å². The van der Waals surface area contributed by atoms with Crippen LogP contribution in [0.3, 0.4) is 0 Å².